The van der Waals surface area contributed by atoms with Gasteiger partial charge in [-0.05, 0) is 12.5 Å². The van der Waals surface area contributed by atoms with Crippen molar-refractivity contribution in [1.29, 1.82) is 0 Å². The van der Waals surface area contributed by atoms with Crippen LogP contribution in [0.1, 0.15) is 12.5 Å². The van der Waals surface area contributed by atoms with Gasteiger partial charge in [0.25, 0.3) is 0 Å². The average Bonchev–Trinajstić information content (AvgIpc) is 2.17. The molecule has 0 aromatic heterocycles. The van der Waals surface area contributed by atoms with Gasteiger partial charge in [-0.25, -0.2) is 0 Å². The van der Waals surface area contributed by atoms with Gasteiger partial charge in [0.15, 0.2) is 0 Å². The summed E-state index contributed by atoms with van der Waals surface area (Å²) < 4.78 is 10.1. The molecule has 1 aromatic rings. The maximum atomic E-state index is 8.43. The molecule has 0 aliphatic heterocycles. The molecule has 0 radical (unpaired) electrons. The summed E-state index contributed by atoms with van der Waals surface area (Å²) in [5, 5.41) is 8.43. The molecule has 1 unspecified atom stereocenters. The van der Waals surface area contributed by atoms with E-state index >= 15 is 0 Å². The van der Waals surface area contributed by atoms with E-state index in [1.165, 1.54) is 0 Å². The van der Waals surface area contributed by atoms with Crippen LogP contribution in [0.4, 0.5) is 0 Å². The Bertz CT molecular complexity index is 228. The summed E-state index contributed by atoms with van der Waals surface area (Å²) in [5.74, 6) is 0. The smallest absolute Gasteiger partial charge is 0.430 e. The maximum absolute atomic E-state index is 8.43. The summed E-state index contributed by atoms with van der Waals surface area (Å²) in [6.07, 6.45) is -0.370. The van der Waals surface area contributed by atoms with Crippen LogP contribution in [0, 0.1) is 0 Å². The zero-order chi connectivity index (χ0) is 9.52. The van der Waals surface area contributed by atoms with Gasteiger partial charge in [0, 0.05) is 0 Å². The fourth-order valence-electron chi connectivity index (χ4n) is 0.941. The molecule has 0 saturated heterocycles. The molecule has 1 atom stereocenters. The molecule has 0 bridgehead atoms. The lowest BCUT2D eigenvalue weighted by atomic mass is 10.2. The number of rotatable bonds is 5. The lowest BCUT2D eigenvalue weighted by Crippen LogP contribution is -2.15. The van der Waals surface area contributed by atoms with E-state index in [-0.39, 0.29) is 14.0 Å². The highest BCUT2D eigenvalue weighted by Crippen LogP contribution is 2.03. The van der Waals surface area contributed by atoms with Crippen LogP contribution in [-0.2, 0) is 16.0 Å². The molecule has 0 saturated carbocycles. The Morgan fingerprint density at radius 3 is 2.69 bits per heavy atom. The van der Waals surface area contributed by atoms with Crippen molar-refractivity contribution in [1.82, 2.24) is 0 Å². The molecule has 0 spiro atoms. The molecule has 1 rings (SSSR count). The molecule has 0 fully saturated rings. The van der Waals surface area contributed by atoms with Crippen molar-refractivity contribution in [2.24, 2.45) is 0 Å². The maximum Gasteiger partial charge on any atom is 0.437 e. The Hall–Kier alpha value is -0.835. The normalized spacial score (nSPS) is 12.5. The van der Waals surface area contributed by atoms with E-state index in [1.807, 2.05) is 30.3 Å². The largest absolute Gasteiger partial charge is 0.437 e. The Balaban J connectivity index is 2.27. The summed E-state index contributed by atoms with van der Waals surface area (Å²) in [6, 6.07) is 9.82. The van der Waals surface area contributed by atoms with Crippen LogP contribution in [-0.4, -0.2) is 19.0 Å². The van der Waals surface area contributed by atoms with Gasteiger partial charge < -0.3 is 14.4 Å². The zero-order valence-corrected chi connectivity index (χ0v) is 7.64. The standard InChI is InChI=1S/C9H13BO3/c1-8(13-10-11)12-7-9-5-3-2-4-6-9/h2-6,8,10-11H,7H2,1H3. The summed E-state index contributed by atoms with van der Waals surface area (Å²) in [4.78, 5) is 0. The first kappa shape index (κ1) is 10.2. The summed E-state index contributed by atoms with van der Waals surface area (Å²) in [7, 11) is -0.310. The van der Waals surface area contributed by atoms with Crippen LogP contribution in [0.3, 0.4) is 0 Å². The first-order valence-corrected chi connectivity index (χ1v) is 4.21. The lowest BCUT2D eigenvalue weighted by molar-refractivity contribution is -0.0814. The minimum Gasteiger partial charge on any atom is -0.430 e. The highest BCUT2D eigenvalue weighted by Gasteiger charge is 2.01. The Labute approximate surface area is 78.6 Å². The molecule has 13 heavy (non-hydrogen) atoms. The second kappa shape index (κ2) is 5.75. The van der Waals surface area contributed by atoms with Crippen molar-refractivity contribution in [3.63, 3.8) is 0 Å². The first-order chi connectivity index (χ1) is 6.33. The second-order valence-electron chi connectivity index (χ2n) is 2.66. The van der Waals surface area contributed by atoms with Crippen molar-refractivity contribution in [2.75, 3.05) is 0 Å². The minimum absolute atomic E-state index is 0.310. The van der Waals surface area contributed by atoms with Gasteiger partial charge >= 0.3 is 7.69 Å². The van der Waals surface area contributed by atoms with Crippen molar-refractivity contribution >= 4 is 7.69 Å². The van der Waals surface area contributed by atoms with E-state index in [2.05, 4.69) is 0 Å². The van der Waals surface area contributed by atoms with Crippen LogP contribution < -0.4 is 0 Å². The summed E-state index contributed by atoms with van der Waals surface area (Å²) in [5.41, 5.74) is 1.09. The van der Waals surface area contributed by atoms with Gasteiger partial charge in [0.1, 0.15) is 6.29 Å². The Kier molecular flexibility index (Phi) is 4.53. The zero-order valence-electron chi connectivity index (χ0n) is 7.64. The molecule has 4 heteroatoms. The fraction of sp³-hybridized carbons (Fsp3) is 0.333. The molecule has 0 aliphatic rings. The second-order valence-corrected chi connectivity index (χ2v) is 2.66. The van der Waals surface area contributed by atoms with Crippen molar-refractivity contribution < 1.29 is 14.4 Å². The molecule has 3 nitrogen and oxygen atoms in total. The monoisotopic (exact) mass is 180 g/mol. The molecule has 1 N–H and O–H groups in total. The van der Waals surface area contributed by atoms with Crippen LogP contribution >= 0.6 is 0 Å². The number of hydrogen-bond acceptors (Lipinski definition) is 3. The van der Waals surface area contributed by atoms with Gasteiger partial charge in [-0.15, -0.1) is 0 Å². The van der Waals surface area contributed by atoms with E-state index in [1.54, 1.807) is 6.92 Å². The van der Waals surface area contributed by atoms with Crippen molar-refractivity contribution in [3.05, 3.63) is 35.9 Å². The third kappa shape index (κ3) is 4.08. The molecule has 0 amide bonds. The van der Waals surface area contributed by atoms with Crippen LogP contribution in [0.5, 0.6) is 0 Å². The average molecular weight is 180 g/mol. The molecule has 0 heterocycles. The van der Waals surface area contributed by atoms with Crippen LogP contribution in [0.25, 0.3) is 0 Å². The van der Waals surface area contributed by atoms with Gasteiger partial charge in [-0.2, -0.15) is 0 Å². The Morgan fingerprint density at radius 2 is 2.08 bits per heavy atom. The molecular weight excluding hydrogens is 167 g/mol. The predicted octanol–water partition coefficient (Wildman–Crippen LogP) is 0.825. The highest BCUT2D eigenvalue weighted by molar-refractivity contribution is 6.15. The quantitative estimate of drug-likeness (QED) is 0.538. The summed E-state index contributed by atoms with van der Waals surface area (Å²) in [6.45, 7) is 2.25. The van der Waals surface area contributed by atoms with Gasteiger partial charge in [0.2, 0.25) is 0 Å². The lowest BCUT2D eigenvalue weighted by Gasteiger charge is -2.11. The van der Waals surface area contributed by atoms with E-state index in [4.69, 9.17) is 14.4 Å². The van der Waals surface area contributed by atoms with Gasteiger partial charge in [-0.3, -0.25) is 0 Å². The van der Waals surface area contributed by atoms with Gasteiger partial charge in [0.05, 0.1) is 6.61 Å². The van der Waals surface area contributed by atoms with Crippen molar-refractivity contribution in [3.8, 4) is 0 Å². The predicted molar refractivity (Wildman–Crippen MR) is 51.1 cm³/mol. The third-order valence-electron chi connectivity index (χ3n) is 1.64. The molecular formula is C9H13BO3. The van der Waals surface area contributed by atoms with E-state index in [0.29, 0.717) is 6.61 Å². The van der Waals surface area contributed by atoms with Crippen molar-refractivity contribution in [2.45, 2.75) is 19.8 Å². The number of ether oxygens (including phenoxy) is 1. The van der Waals surface area contributed by atoms with E-state index < -0.39 is 0 Å². The van der Waals surface area contributed by atoms with E-state index in [0.717, 1.165) is 5.56 Å². The highest BCUT2D eigenvalue weighted by atomic mass is 16.7. The number of benzene rings is 1. The molecule has 70 valence electrons. The third-order valence-corrected chi connectivity index (χ3v) is 1.64. The number of hydrogen-bond donors (Lipinski definition) is 1. The summed E-state index contributed by atoms with van der Waals surface area (Å²) >= 11 is 0. The minimum atomic E-state index is -0.370. The Morgan fingerprint density at radius 1 is 1.38 bits per heavy atom. The first-order valence-electron chi connectivity index (χ1n) is 4.21. The fourth-order valence-corrected chi connectivity index (χ4v) is 0.941. The van der Waals surface area contributed by atoms with E-state index in [9.17, 15) is 0 Å². The SMILES string of the molecule is CC(OBO)OCc1ccccc1. The topological polar surface area (TPSA) is 38.7 Å². The van der Waals surface area contributed by atoms with Crippen LogP contribution in [0.15, 0.2) is 30.3 Å². The van der Waals surface area contributed by atoms with Gasteiger partial charge in [-0.1, -0.05) is 30.3 Å². The molecule has 1 aromatic carbocycles. The van der Waals surface area contributed by atoms with Crippen LogP contribution in [0.2, 0.25) is 0 Å². The molecule has 0 aliphatic carbocycles.